The average Bonchev–Trinajstić information content (AvgIpc) is 3.40. The number of carbonyl (C=O) groups excluding carboxylic acids is 1. The summed E-state index contributed by atoms with van der Waals surface area (Å²) < 4.78 is 16.9. The summed E-state index contributed by atoms with van der Waals surface area (Å²) in [6.07, 6.45) is 1.62. The van der Waals surface area contributed by atoms with E-state index in [0.29, 0.717) is 11.4 Å². The summed E-state index contributed by atoms with van der Waals surface area (Å²) in [7, 11) is 1.98. The minimum Gasteiger partial charge on any atom is -0.327 e. The van der Waals surface area contributed by atoms with Crippen molar-refractivity contribution in [1.29, 1.82) is 0 Å². The number of hydrogen-bond acceptors (Lipinski definition) is 3. The Balaban J connectivity index is 1.34. The van der Waals surface area contributed by atoms with Gasteiger partial charge in [-0.2, -0.15) is 5.10 Å². The summed E-state index contributed by atoms with van der Waals surface area (Å²) in [4.78, 5) is 17.3. The van der Waals surface area contributed by atoms with Crippen LogP contribution in [0.3, 0.4) is 0 Å². The normalized spacial score (nSPS) is 11.0. The molecule has 0 radical (unpaired) electrons. The number of aromatic nitrogens is 4. The molecule has 0 bridgehead atoms. The number of anilines is 1. The van der Waals surface area contributed by atoms with E-state index in [2.05, 4.69) is 10.4 Å². The molecule has 0 fully saturated rings. The molecule has 2 aromatic heterocycles. The van der Waals surface area contributed by atoms with E-state index in [4.69, 9.17) is 4.98 Å². The van der Waals surface area contributed by atoms with Crippen molar-refractivity contribution in [3.8, 4) is 17.1 Å². The number of imidazole rings is 1. The Morgan fingerprint density at radius 3 is 2.55 bits per heavy atom. The molecule has 0 unspecified atom stereocenters. The summed E-state index contributed by atoms with van der Waals surface area (Å²) >= 11 is 0. The van der Waals surface area contributed by atoms with Gasteiger partial charge < -0.3 is 9.88 Å². The van der Waals surface area contributed by atoms with Crippen LogP contribution in [0.4, 0.5) is 10.1 Å². The predicted molar refractivity (Wildman–Crippen MR) is 118 cm³/mol. The molecule has 152 valence electrons. The third kappa shape index (κ3) is 3.57. The van der Waals surface area contributed by atoms with Crippen LogP contribution in [0.2, 0.25) is 0 Å². The van der Waals surface area contributed by atoms with Crippen LogP contribution in [-0.2, 0) is 7.05 Å². The van der Waals surface area contributed by atoms with Crippen LogP contribution in [0.5, 0.6) is 0 Å². The third-order valence-electron chi connectivity index (χ3n) is 5.08. The van der Waals surface area contributed by atoms with Crippen molar-refractivity contribution in [3.05, 3.63) is 96.6 Å². The molecule has 6 nitrogen and oxygen atoms in total. The predicted octanol–water partition coefficient (Wildman–Crippen LogP) is 4.82. The van der Waals surface area contributed by atoms with Crippen molar-refractivity contribution < 1.29 is 9.18 Å². The van der Waals surface area contributed by atoms with E-state index in [0.717, 1.165) is 22.4 Å². The Bertz CT molecular complexity index is 1400. The monoisotopic (exact) mass is 411 g/mol. The number of nitrogens with one attached hydrogen (secondary N) is 1. The van der Waals surface area contributed by atoms with Gasteiger partial charge in [0.1, 0.15) is 11.6 Å². The highest BCUT2D eigenvalue weighted by atomic mass is 19.1. The van der Waals surface area contributed by atoms with Crippen molar-refractivity contribution >= 4 is 22.6 Å². The summed E-state index contributed by atoms with van der Waals surface area (Å²) in [6, 6.07) is 23.1. The van der Waals surface area contributed by atoms with Gasteiger partial charge in [-0.05, 0) is 60.7 Å². The maximum absolute atomic E-state index is 13.4. The third-order valence-corrected chi connectivity index (χ3v) is 5.08. The van der Waals surface area contributed by atoms with Gasteiger partial charge in [-0.25, -0.2) is 14.1 Å². The number of aryl methyl sites for hydroxylation is 1. The Morgan fingerprint density at radius 2 is 1.77 bits per heavy atom. The number of fused-ring (bicyclic) bond motifs is 1. The number of nitrogens with zero attached hydrogens (tertiary/aromatic N) is 4. The van der Waals surface area contributed by atoms with Crippen molar-refractivity contribution in [2.75, 3.05) is 5.32 Å². The van der Waals surface area contributed by atoms with Crippen molar-refractivity contribution in [2.45, 2.75) is 0 Å². The standard InChI is InChI=1S/C24H18FN5O/c1-29-22-8-3-2-7-20(22)27-23(29)16-9-11-18(12-10-16)26-24(31)21-13-14-30(28-21)19-6-4-5-17(25)15-19/h2-15H,1H3,(H,26,31). The highest BCUT2D eigenvalue weighted by molar-refractivity contribution is 6.02. The lowest BCUT2D eigenvalue weighted by molar-refractivity contribution is 0.102. The molecule has 7 heteroatoms. The molecular weight excluding hydrogens is 393 g/mol. The Hall–Kier alpha value is -4.26. The minimum atomic E-state index is -0.361. The van der Waals surface area contributed by atoms with E-state index in [1.54, 1.807) is 24.4 Å². The number of halogens is 1. The van der Waals surface area contributed by atoms with E-state index in [1.807, 2.05) is 60.1 Å². The van der Waals surface area contributed by atoms with E-state index < -0.39 is 0 Å². The van der Waals surface area contributed by atoms with Crippen LogP contribution in [0.25, 0.3) is 28.1 Å². The molecular formula is C24H18FN5O. The van der Waals surface area contributed by atoms with Crippen molar-refractivity contribution in [3.63, 3.8) is 0 Å². The lowest BCUT2D eigenvalue weighted by Gasteiger charge is -2.06. The Morgan fingerprint density at radius 1 is 0.968 bits per heavy atom. The zero-order valence-corrected chi connectivity index (χ0v) is 16.7. The van der Waals surface area contributed by atoms with Gasteiger partial charge in [-0.3, -0.25) is 4.79 Å². The first kappa shape index (κ1) is 18.7. The maximum atomic E-state index is 13.4. The van der Waals surface area contributed by atoms with Gasteiger partial charge in [-0.1, -0.05) is 18.2 Å². The molecule has 0 saturated heterocycles. The zero-order chi connectivity index (χ0) is 21.4. The van der Waals surface area contributed by atoms with Gasteiger partial charge >= 0.3 is 0 Å². The fourth-order valence-electron chi connectivity index (χ4n) is 3.51. The lowest BCUT2D eigenvalue weighted by atomic mass is 10.2. The molecule has 0 saturated carbocycles. The number of hydrogen-bond donors (Lipinski definition) is 1. The van der Waals surface area contributed by atoms with Crippen LogP contribution in [0, 0.1) is 5.82 Å². The molecule has 0 aliphatic carbocycles. The molecule has 0 atom stereocenters. The molecule has 5 aromatic rings. The Labute approximate surface area is 177 Å². The number of para-hydroxylation sites is 2. The quantitative estimate of drug-likeness (QED) is 0.461. The van der Waals surface area contributed by atoms with E-state index in [1.165, 1.54) is 16.8 Å². The highest BCUT2D eigenvalue weighted by Gasteiger charge is 2.13. The van der Waals surface area contributed by atoms with Crippen molar-refractivity contribution in [2.24, 2.45) is 7.05 Å². The summed E-state index contributed by atoms with van der Waals surface area (Å²) in [5.41, 5.74) is 4.38. The molecule has 0 aliphatic heterocycles. The molecule has 3 aromatic carbocycles. The number of amides is 1. The number of benzene rings is 3. The van der Waals surface area contributed by atoms with Gasteiger partial charge in [0.25, 0.3) is 5.91 Å². The molecule has 31 heavy (non-hydrogen) atoms. The average molecular weight is 411 g/mol. The van der Waals surface area contributed by atoms with Gasteiger partial charge in [0.05, 0.1) is 16.7 Å². The maximum Gasteiger partial charge on any atom is 0.276 e. The largest absolute Gasteiger partial charge is 0.327 e. The number of rotatable bonds is 4. The SMILES string of the molecule is Cn1c(-c2ccc(NC(=O)c3ccn(-c4cccc(F)c4)n3)cc2)nc2ccccc21. The van der Waals surface area contributed by atoms with Gasteiger partial charge in [0.2, 0.25) is 0 Å². The zero-order valence-electron chi connectivity index (χ0n) is 16.7. The first-order valence-electron chi connectivity index (χ1n) is 9.73. The second-order valence-corrected chi connectivity index (χ2v) is 7.14. The van der Waals surface area contributed by atoms with Gasteiger partial charge in [0.15, 0.2) is 5.69 Å². The van der Waals surface area contributed by atoms with Crippen molar-refractivity contribution in [1.82, 2.24) is 19.3 Å². The summed E-state index contributed by atoms with van der Waals surface area (Å²) in [5, 5.41) is 7.08. The summed E-state index contributed by atoms with van der Waals surface area (Å²) in [6.45, 7) is 0. The lowest BCUT2D eigenvalue weighted by Crippen LogP contribution is -2.13. The molecule has 0 aliphatic rings. The van der Waals surface area contributed by atoms with Crippen LogP contribution in [0.1, 0.15) is 10.5 Å². The van der Waals surface area contributed by atoms with E-state index in [-0.39, 0.29) is 17.4 Å². The van der Waals surface area contributed by atoms with Crippen LogP contribution in [0.15, 0.2) is 85.1 Å². The van der Waals surface area contributed by atoms with Crippen LogP contribution in [-0.4, -0.2) is 25.2 Å². The molecule has 5 rings (SSSR count). The topological polar surface area (TPSA) is 64.7 Å². The van der Waals surface area contributed by atoms with E-state index in [9.17, 15) is 9.18 Å². The smallest absolute Gasteiger partial charge is 0.276 e. The first-order valence-corrected chi connectivity index (χ1v) is 9.73. The van der Waals surface area contributed by atoms with Crippen LogP contribution >= 0.6 is 0 Å². The molecule has 2 heterocycles. The minimum absolute atomic E-state index is 0.240. The van der Waals surface area contributed by atoms with Gasteiger partial charge in [0, 0.05) is 24.5 Å². The fraction of sp³-hybridized carbons (Fsp3) is 0.0417. The highest BCUT2D eigenvalue weighted by Crippen LogP contribution is 2.25. The molecule has 0 spiro atoms. The molecule has 1 amide bonds. The molecule has 1 N–H and O–H groups in total. The fourth-order valence-corrected chi connectivity index (χ4v) is 3.51. The second-order valence-electron chi connectivity index (χ2n) is 7.14. The van der Waals surface area contributed by atoms with E-state index >= 15 is 0 Å². The first-order chi connectivity index (χ1) is 15.1. The number of carbonyl (C=O) groups is 1. The Kier molecular flexibility index (Phi) is 4.55. The summed E-state index contributed by atoms with van der Waals surface area (Å²) in [5.74, 6) is 0.151. The second kappa shape index (κ2) is 7.53. The van der Waals surface area contributed by atoms with Crippen LogP contribution < -0.4 is 5.32 Å². The van der Waals surface area contributed by atoms with Gasteiger partial charge in [-0.15, -0.1) is 0 Å².